The third kappa shape index (κ3) is 5.65. The molecule has 0 spiro atoms. The number of benzene rings is 2. The van der Waals surface area contributed by atoms with E-state index in [1.54, 1.807) is 20.3 Å². The highest BCUT2D eigenvalue weighted by Gasteiger charge is 2.20. The molecule has 0 aliphatic carbocycles. The fraction of sp³-hybridized carbons (Fsp3) is 0.320. The quantitative estimate of drug-likeness (QED) is 0.385. The van der Waals surface area contributed by atoms with E-state index in [-0.39, 0.29) is 11.4 Å². The molecule has 4 N–H and O–H groups in total. The second-order valence-corrected chi connectivity index (χ2v) is 8.26. The van der Waals surface area contributed by atoms with Crippen molar-refractivity contribution in [3.8, 4) is 11.5 Å². The summed E-state index contributed by atoms with van der Waals surface area (Å²) in [5.41, 5.74) is 1.33. The number of carbonyl (C=O) groups excluding carboxylic acids is 1. The van der Waals surface area contributed by atoms with Crippen LogP contribution in [0, 0.1) is 5.41 Å². The summed E-state index contributed by atoms with van der Waals surface area (Å²) in [6.07, 6.45) is 3.23. The largest absolute Gasteiger partial charge is 0.497 e. The first kappa shape index (κ1) is 23.9. The second kappa shape index (κ2) is 10.8. The lowest BCUT2D eigenvalue weighted by molar-refractivity contribution is 0.170. The maximum absolute atomic E-state index is 13.1. The van der Waals surface area contributed by atoms with E-state index in [0.717, 1.165) is 43.5 Å². The highest BCUT2D eigenvalue weighted by Crippen LogP contribution is 2.26. The first-order chi connectivity index (χ1) is 17.0. The van der Waals surface area contributed by atoms with Crippen molar-refractivity contribution in [2.75, 3.05) is 37.5 Å². The topological polar surface area (TPSA) is 125 Å². The van der Waals surface area contributed by atoms with E-state index < -0.39 is 12.1 Å². The molecular weight excluding hydrogens is 448 g/mol. The van der Waals surface area contributed by atoms with Crippen molar-refractivity contribution in [1.82, 2.24) is 15.0 Å². The third-order valence-electron chi connectivity index (χ3n) is 6.01. The molecule has 2 heterocycles. The normalized spacial score (nSPS) is 13.4. The zero-order valence-corrected chi connectivity index (χ0v) is 19.8. The maximum Gasteiger partial charge on any atom is 0.321 e. The highest BCUT2D eigenvalue weighted by atomic mass is 16.5. The van der Waals surface area contributed by atoms with E-state index >= 15 is 0 Å². The van der Waals surface area contributed by atoms with Crippen LogP contribution in [0.1, 0.15) is 36.4 Å². The molecule has 1 aliphatic rings. The number of piperidine rings is 1. The van der Waals surface area contributed by atoms with Gasteiger partial charge in [0.15, 0.2) is 5.82 Å². The maximum atomic E-state index is 13.1. The lowest BCUT2D eigenvalue weighted by Crippen LogP contribution is -2.37. The van der Waals surface area contributed by atoms with Gasteiger partial charge in [0.25, 0.3) is 5.62 Å². The standard InChI is InChI=1S/C25H30N6O4/c1-34-19-10-6-17(7-11-19)23(18-8-12-20(35-2)13-9-18)29-25(32)28-22-16-21(27-24(26)31(22)33)30-14-4-3-5-15-30/h6-13,16,23,26,33H,3-5,14-15H2,1-2H3,(H2,28,29,32). The number of hydrogen-bond donors (Lipinski definition) is 4. The highest BCUT2D eigenvalue weighted by molar-refractivity contribution is 5.89. The van der Waals surface area contributed by atoms with E-state index in [1.165, 1.54) is 0 Å². The number of urea groups is 1. The molecule has 1 fully saturated rings. The van der Waals surface area contributed by atoms with Crippen LogP contribution in [0.25, 0.3) is 0 Å². The van der Waals surface area contributed by atoms with Crippen LogP contribution in [0.15, 0.2) is 54.6 Å². The number of amides is 2. The van der Waals surface area contributed by atoms with Crippen LogP contribution in [0.5, 0.6) is 11.5 Å². The lowest BCUT2D eigenvalue weighted by atomic mass is 9.98. The molecule has 2 amide bonds. The van der Waals surface area contributed by atoms with Gasteiger partial charge in [0, 0.05) is 19.2 Å². The smallest absolute Gasteiger partial charge is 0.321 e. The summed E-state index contributed by atoms with van der Waals surface area (Å²) in [5.74, 6) is 2.03. The van der Waals surface area contributed by atoms with Gasteiger partial charge in [-0.3, -0.25) is 10.7 Å². The van der Waals surface area contributed by atoms with Gasteiger partial charge in [-0.25, -0.2) is 4.79 Å². The Kier molecular flexibility index (Phi) is 7.39. The van der Waals surface area contributed by atoms with E-state index in [9.17, 15) is 10.0 Å². The number of ether oxygens (including phenoxy) is 2. The average Bonchev–Trinajstić information content (AvgIpc) is 2.90. The monoisotopic (exact) mass is 478 g/mol. The molecule has 4 rings (SSSR count). The SMILES string of the molecule is COc1ccc(C(NC(=O)Nc2cc(N3CCCCC3)nc(=N)n2O)c2ccc(OC)cc2)cc1. The summed E-state index contributed by atoms with van der Waals surface area (Å²) in [5, 5.41) is 24.0. The van der Waals surface area contributed by atoms with Gasteiger partial charge in [-0.2, -0.15) is 4.98 Å². The van der Waals surface area contributed by atoms with Gasteiger partial charge in [-0.1, -0.05) is 24.3 Å². The number of anilines is 2. The number of nitrogens with zero attached hydrogens (tertiary/aromatic N) is 3. The first-order valence-electron chi connectivity index (χ1n) is 11.5. The average molecular weight is 479 g/mol. The van der Waals surface area contributed by atoms with Crippen LogP contribution in [0.4, 0.5) is 16.4 Å². The predicted molar refractivity (Wildman–Crippen MR) is 131 cm³/mol. The summed E-state index contributed by atoms with van der Waals surface area (Å²) < 4.78 is 11.1. The Balaban J connectivity index is 1.59. The fourth-order valence-corrected chi connectivity index (χ4v) is 4.10. The lowest BCUT2D eigenvalue weighted by Gasteiger charge is -2.28. The number of methoxy groups -OCH3 is 2. The Bertz CT molecular complexity index is 1160. The van der Waals surface area contributed by atoms with Crippen molar-refractivity contribution in [2.24, 2.45) is 0 Å². The van der Waals surface area contributed by atoms with Crippen molar-refractivity contribution in [2.45, 2.75) is 25.3 Å². The van der Waals surface area contributed by atoms with Crippen LogP contribution < -0.4 is 30.6 Å². The molecule has 0 bridgehead atoms. The Hall–Kier alpha value is -4.21. The number of rotatable bonds is 7. The van der Waals surface area contributed by atoms with Gasteiger partial charge in [-0.05, 0) is 54.7 Å². The Morgan fingerprint density at radius 1 is 0.971 bits per heavy atom. The molecule has 0 atom stereocenters. The van der Waals surface area contributed by atoms with E-state index in [2.05, 4.69) is 20.5 Å². The number of carbonyl (C=O) groups is 1. The van der Waals surface area contributed by atoms with E-state index in [4.69, 9.17) is 14.9 Å². The minimum absolute atomic E-state index is 0.0614. The molecule has 35 heavy (non-hydrogen) atoms. The van der Waals surface area contributed by atoms with Crippen molar-refractivity contribution < 1.29 is 19.5 Å². The van der Waals surface area contributed by atoms with Gasteiger partial charge in [0.2, 0.25) is 0 Å². The van der Waals surface area contributed by atoms with Gasteiger partial charge < -0.3 is 24.9 Å². The van der Waals surface area contributed by atoms with Gasteiger partial charge >= 0.3 is 6.03 Å². The third-order valence-corrected chi connectivity index (χ3v) is 6.01. The van der Waals surface area contributed by atoms with Crippen molar-refractivity contribution in [3.05, 3.63) is 71.3 Å². The van der Waals surface area contributed by atoms with Crippen LogP contribution >= 0.6 is 0 Å². The molecule has 1 saturated heterocycles. The summed E-state index contributed by atoms with van der Waals surface area (Å²) in [7, 11) is 3.19. The van der Waals surface area contributed by atoms with Crippen molar-refractivity contribution in [3.63, 3.8) is 0 Å². The Labute approximate surface area is 203 Å². The predicted octanol–water partition coefficient (Wildman–Crippen LogP) is 3.52. The molecule has 1 aliphatic heterocycles. The molecule has 184 valence electrons. The molecule has 1 aromatic heterocycles. The van der Waals surface area contributed by atoms with Crippen LogP contribution in [0.3, 0.4) is 0 Å². The minimum atomic E-state index is -0.542. The zero-order chi connectivity index (χ0) is 24.8. The fourth-order valence-electron chi connectivity index (χ4n) is 4.10. The molecule has 0 radical (unpaired) electrons. The summed E-state index contributed by atoms with van der Waals surface area (Å²) in [6.45, 7) is 1.65. The first-order valence-corrected chi connectivity index (χ1v) is 11.5. The molecule has 3 aromatic rings. The molecule has 10 heteroatoms. The molecule has 10 nitrogen and oxygen atoms in total. The zero-order valence-electron chi connectivity index (χ0n) is 19.8. The summed E-state index contributed by atoms with van der Waals surface area (Å²) in [4.78, 5) is 19.3. The molecular formula is C25H30N6O4. The second-order valence-electron chi connectivity index (χ2n) is 8.26. The van der Waals surface area contributed by atoms with Crippen molar-refractivity contribution in [1.29, 1.82) is 5.41 Å². The van der Waals surface area contributed by atoms with Gasteiger partial charge in [0.05, 0.1) is 20.3 Å². The number of aromatic nitrogens is 2. The van der Waals surface area contributed by atoms with Crippen LogP contribution in [0.2, 0.25) is 0 Å². The summed E-state index contributed by atoms with van der Waals surface area (Å²) >= 11 is 0. The number of nitrogens with one attached hydrogen (secondary N) is 3. The van der Waals surface area contributed by atoms with E-state index in [0.29, 0.717) is 22.0 Å². The Morgan fingerprint density at radius 3 is 2.03 bits per heavy atom. The van der Waals surface area contributed by atoms with Crippen LogP contribution in [-0.2, 0) is 0 Å². The summed E-state index contributed by atoms with van der Waals surface area (Å²) in [6, 6.07) is 15.4. The molecule has 0 unspecified atom stereocenters. The van der Waals surface area contributed by atoms with Crippen molar-refractivity contribution >= 4 is 17.7 Å². The van der Waals surface area contributed by atoms with Crippen LogP contribution in [-0.4, -0.2) is 48.3 Å². The van der Waals surface area contributed by atoms with Gasteiger partial charge in [-0.15, -0.1) is 4.73 Å². The minimum Gasteiger partial charge on any atom is -0.497 e. The Morgan fingerprint density at radius 2 is 1.51 bits per heavy atom. The molecule has 0 saturated carbocycles. The van der Waals surface area contributed by atoms with E-state index in [1.807, 2.05) is 48.5 Å². The number of hydrogen-bond acceptors (Lipinski definition) is 7. The van der Waals surface area contributed by atoms with Gasteiger partial charge in [0.1, 0.15) is 17.3 Å². The molecule has 2 aromatic carbocycles.